The van der Waals surface area contributed by atoms with Crippen LogP contribution in [-0.2, 0) is 18.9 Å². The molecule has 0 aromatic carbocycles. The predicted octanol–water partition coefficient (Wildman–Crippen LogP) is 6.71. The smallest absolute Gasteiger partial charge is 0.286 e. The van der Waals surface area contributed by atoms with Crippen molar-refractivity contribution < 1.29 is 18.9 Å². The molecule has 0 radical (unpaired) electrons. The van der Waals surface area contributed by atoms with Crippen LogP contribution in [0.1, 0.15) is 107 Å². The summed E-state index contributed by atoms with van der Waals surface area (Å²) in [6.45, 7) is 18.6. The van der Waals surface area contributed by atoms with Crippen molar-refractivity contribution in [2.45, 2.75) is 131 Å². The third-order valence-corrected chi connectivity index (χ3v) is 5.25. The van der Waals surface area contributed by atoms with Gasteiger partial charge in [-0.3, -0.25) is 0 Å². The fourth-order valence-corrected chi connectivity index (χ4v) is 4.10. The monoisotopic (exact) mass is 400 g/mol. The molecule has 1 heterocycles. The van der Waals surface area contributed by atoms with Crippen molar-refractivity contribution in [1.82, 2.24) is 0 Å². The molecule has 1 atom stereocenters. The van der Waals surface area contributed by atoms with Gasteiger partial charge in [0, 0.05) is 11.3 Å². The zero-order valence-corrected chi connectivity index (χ0v) is 20.0. The molecule has 0 aromatic rings. The van der Waals surface area contributed by atoms with Crippen molar-refractivity contribution in [3.8, 4) is 0 Å². The summed E-state index contributed by atoms with van der Waals surface area (Å²) < 4.78 is 24.9. The van der Waals surface area contributed by atoms with E-state index < -0.39 is 5.97 Å². The lowest BCUT2D eigenvalue weighted by Crippen LogP contribution is -2.54. The normalized spacial score (nSPS) is 18.1. The topological polar surface area (TPSA) is 36.9 Å². The maximum absolute atomic E-state index is 6.45. The molecule has 0 amide bonds. The lowest BCUT2D eigenvalue weighted by atomic mass is 9.76. The number of rotatable bonds is 16. The Morgan fingerprint density at radius 3 is 1.64 bits per heavy atom. The van der Waals surface area contributed by atoms with Gasteiger partial charge in [0.05, 0.1) is 31.5 Å². The van der Waals surface area contributed by atoms with Gasteiger partial charge in [-0.05, 0) is 54.4 Å². The SMILES string of the molecule is CCCCCCCCC(CC1(C)COC1)C(OC(C)C)(OC(C)C)OC(C)C. The molecule has 0 N–H and O–H groups in total. The van der Waals surface area contributed by atoms with Crippen molar-refractivity contribution >= 4 is 0 Å². The molecular weight excluding hydrogens is 352 g/mol. The first-order valence-corrected chi connectivity index (χ1v) is 11.7. The molecule has 168 valence electrons. The summed E-state index contributed by atoms with van der Waals surface area (Å²) >= 11 is 0. The molecule has 1 rings (SSSR count). The van der Waals surface area contributed by atoms with Crippen LogP contribution in [0.25, 0.3) is 0 Å². The zero-order valence-electron chi connectivity index (χ0n) is 20.0. The van der Waals surface area contributed by atoms with Crippen LogP contribution in [0.15, 0.2) is 0 Å². The van der Waals surface area contributed by atoms with Gasteiger partial charge in [0.1, 0.15) is 0 Å². The van der Waals surface area contributed by atoms with E-state index in [0.717, 1.165) is 26.1 Å². The first-order chi connectivity index (χ1) is 13.1. The van der Waals surface area contributed by atoms with E-state index in [1.807, 2.05) is 0 Å². The zero-order chi connectivity index (χ0) is 21.2. The maximum Gasteiger partial charge on any atom is 0.286 e. The van der Waals surface area contributed by atoms with E-state index in [0.29, 0.717) is 0 Å². The molecule has 1 aliphatic rings. The van der Waals surface area contributed by atoms with E-state index in [4.69, 9.17) is 18.9 Å². The van der Waals surface area contributed by atoms with Crippen LogP contribution < -0.4 is 0 Å². The van der Waals surface area contributed by atoms with Crippen LogP contribution in [0.5, 0.6) is 0 Å². The Bertz CT molecular complexity index is 375. The van der Waals surface area contributed by atoms with Gasteiger partial charge in [0.15, 0.2) is 0 Å². The lowest BCUT2D eigenvalue weighted by molar-refractivity contribution is -0.436. The van der Waals surface area contributed by atoms with Gasteiger partial charge in [-0.25, -0.2) is 0 Å². The molecule has 0 spiro atoms. The molecule has 0 bridgehead atoms. The second kappa shape index (κ2) is 12.5. The molecule has 4 nitrogen and oxygen atoms in total. The molecular formula is C24H48O4. The first kappa shape index (κ1) is 25.9. The maximum atomic E-state index is 6.45. The number of hydrogen-bond acceptors (Lipinski definition) is 4. The van der Waals surface area contributed by atoms with Crippen molar-refractivity contribution in [3.05, 3.63) is 0 Å². The highest BCUT2D eigenvalue weighted by atomic mass is 16.9. The van der Waals surface area contributed by atoms with Crippen LogP contribution in [0, 0.1) is 11.3 Å². The summed E-state index contributed by atoms with van der Waals surface area (Å²) in [5.41, 5.74) is 0.194. The molecule has 1 aliphatic heterocycles. The minimum Gasteiger partial charge on any atom is -0.380 e. The highest BCUT2D eigenvalue weighted by molar-refractivity contribution is 4.87. The second-order valence-electron chi connectivity index (χ2n) is 9.86. The van der Waals surface area contributed by atoms with Crippen molar-refractivity contribution in [2.75, 3.05) is 13.2 Å². The van der Waals surface area contributed by atoms with Gasteiger partial charge in [0.25, 0.3) is 5.97 Å². The number of unbranched alkanes of at least 4 members (excludes halogenated alkanes) is 5. The molecule has 4 heteroatoms. The Kier molecular flexibility index (Phi) is 11.6. The summed E-state index contributed by atoms with van der Waals surface area (Å²) in [5.74, 6) is -0.793. The van der Waals surface area contributed by atoms with E-state index in [-0.39, 0.29) is 29.6 Å². The van der Waals surface area contributed by atoms with Crippen LogP contribution >= 0.6 is 0 Å². The van der Waals surface area contributed by atoms with Gasteiger partial charge < -0.3 is 18.9 Å². The van der Waals surface area contributed by atoms with E-state index >= 15 is 0 Å². The molecule has 28 heavy (non-hydrogen) atoms. The van der Waals surface area contributed by atoms with E-state index in [1.165, 1.54) is 38.5 Å². The first-order valence-electron chi connectivity index (χ1n) is 11.7. The van der Waals surface area contributed by atoms with Gasteiger partial charge >= 0.3 is 0 Å². The average Bonchev–Trinajstić information content (AvgIpc) is 2.53. The van der Waals surface area contributed by atoms with Crippen LogP contribution in [0.4, 0.5) is 0 Å². The minimum absolute atomic E-state index is 0.0370. The van der Waals surface area contributed by atoms with Crippen LogP contribution in [-0.4, -0.2) is 37.5 Å². The Morgan fingerprint density at radius 1 is 0.786 bits per heavy atom. The number of ether oxygens (including phenoxy) is 4. The quantitative estimate of drug-likeness (QED) is 0.213. The van der Waals surface area contributed by atoms with E-state index in [1.54, 1.807) is 0 Å². The van der Waals surface area contributed by atoms with Crippen LogP contribution in [0.3, 0.4) is 0 Å². The largest absolute Gasteiger partial charge is 0.380 e. The fraction of sp³-hybridized carbons (Fsp3) is 1.00. The fourth-order valence-electron chi connectivity index (χ4n) is 4.10. The minimum atomic E-state index is -0.988. The highest BCUT2D eigenvalue weighted by Crippen LogP contribution is 2.43. The van der Waals surface area contributed by atoms with Crippen LogP contribution in [0.2, 0.25) is 0 Å². The molecule has 0 aliphatic carbocycles. The van der Waals surface area contributed by atoms with Crippen molar-refractivity contribution in [3.63, 3.8) is 0 Å². The predicted molar refractivity (Wildman–Crippen MR) is 116 cm³/mol. The summed E-state index contributed by atoms with van der Waals surface area (Å²) in [6, 6.07) is 0. The van der Waals surface area contributed by atoms with E-state index in [9.17, 15) is 0 Å². The molecule has 1 saturated heterocycles. The summed E-state index contributed by atoms with van der Waals surface area (Å²) in [6.07, 6.45) is 9.92. The third-order valence-electron chi connectivity index (χ3n) is 5.25. The van der Waals surface area contributed by atoms with Crippen molar-refractivity contribution in [1.29, 1.82) is 0 Å². The molecule has 0 saturated carbocycles. The Balaban J connectivity index is 2.97. The van der Waals surface area contributed by atoms with Gasteiger partial charge in [-0.1, -0.05) is 52.4 Å². The summed E-state index contributed by atoms with van der Waals surface area (Å²) in [4.78, 5) is 0. The van der Waals surface area contributed by atoms with Gasteiger partial charge in [0.2, 0.25) is 0 Å². The molecule has 0 aromatic heterocycles. The summed E-state index contributed by atoms with van der Waals surface area (Å²) in [7, 11) is 0. The Hall–Kier alpha value is -0.160. The van der Waals surface area contributed by atoms with Gasteiger partial charge in [-0.2, -0.15) is 0 Å². The molecule has 1 fully saturated rings. The Morgan fingerprint density at radius 2 is 1.25 bits per heavy atom. The second-order valence-corrected chi connectivity index (χ2v) is 9.86. The third kappa shape index (κ3) is 9.11. The molecule has 1 unspecified atom stereocenters. The van der Waals surface area contributed by atoms with E-state index in [2.05, 4.69) is 55.4 Å². The standard InChI is InChI=1S/C24H48O4/c1-9-10-11-12-13-14-15-22(16-23(8)17-25-18-23)24(26-19(2)3,27-20(4)5)28-21(6)7/h19-22H,9-18H2,1-8H3. The number of hydrogen-bond donors (Lipinski definition) is 0. The summed E-state index contributed by atoms with van der Waals surface area (Å²) in [5, 5.41) is 0. The lowest BCUT2D eigenvalue weighted by Gasteiger charge is -2.48. The van der Waals surface area contributed by atoms with Crippen molar-refractivity contribution in [2.24, 2.45) is 11.3 Å². The Labute approximate surface area is 175 Å². The highest BCUT2D eigenvalue weighted by Gasteiger charge is 2.49. The van der Waals surface area contributed by atoms with Gasteiger partial charge in [-0.15, -0.1) is 0 Å². The average molecular weight is 401 g/mol.